The van der Waals surface area contributed by atoms with Crippen molar-refractivity contribution in [2.24, 2.45) is 5.73 Å². The minimum absolute atomic E-state index is 0.0286. The van der Waals surface area contributed by atoms with Gasteiger partial charge in [0, 0.05) is 12.2 Å². The van der Waals surface area contributed by atoms with Crippen LogP contribution in [0.1, 0.15) is 33.1 Å². The molecule has 3 nitrogen and oxygen atoms in total. The summed E-state index contributed by atoms with van der Waals surface area (Å²) in [5.41, 5.74) is 5.19. The largest absolute Gasteiger partial charge is 0.391 e. The van der Waals surface area contributed by atoms with Gasteiger partial charge in [0.25, 0.3) is 0 Å². The highest BCUT2D eigenvalue weighted by Crippen LogP contribution is 2.16. The van der Waals surface area contributed by atoms with Crippen LogP contribution in [0.4, 0.5) is 0 Å². The molecule has 1 amide bonds. The molecule has 0 fully saturated rings. The fourth-order valence-electron chi connectivity index (χ4n) is 1.36. The van der Waals surface area contributed by atoms with Gasteiger partial charge in [-0.05, 0) is 19.1 Å². The molecule has 0 unspecified atom stereocenters. The van der Waals surface area contributed by atoms with Crippen molar-refractivity contribution in [3.05, 3.63) is 0 Å². The summed E-state index contributed by atoms with van der Waals surface area (Å²) in [6.07, 6.45) is 3.98. The molecule has 0 bridgehead atoms. The Hall–Kier alpha value is -0.290. The molecule has 5 heteroatoms. The molecule has 0 aromatic carbocycles. The average Bonchev–Trinajstić information content (AvgIpc) is 2.22. The van der Waals surface area contributed by atoms with Gasteiger partial charge in [-0.3, -0.25) is 4.79 Å². The maximum absolute atomic E-state index is 11.6. The molecule has 88 valence electrons. The number of carbonyl (C=O) groups is 1. The maximum atomic E-state index is 11.6. The Kier molecular flexibility index (Phi) is 6.92. The van der Waals surface area contributed by atoms with Crippen LogP contribution >= 0.6 is 24.0 Å². The second-order valence-corrected chi connectivity index (χ2v) is 4.87. The molecule has 0 rings (SSSR count). The Morgan fingerprint density at radius 3 is 2.33 bits per heavy atom. The van der Waals surface area contributed by atoms with E-state index in [4.69, 9.17) is 18.0 Å². The number of thiocarbonyl (C=S) groups is 1. The van der Waals surface area contributed by atoms with Gasteiger partial charge in [0.1, 0.15) is 0 Å². The van der Waals surface area contributed by atoms with Crippen LogP contribution in [0.5, 0.6) is 0 Å². The highest BCUT2D eigenvalue weighted by molar-refractivity contribution is 7.98. The summed E-state index contributed by atoms with van der Waals surface area (Å²) >= 11 is 6.67. The fraction of sp³-hybridized carbons (Fsp3) is 0.800. The van der Waals surface area contributed by atoms with E-state index < -0.39 is 5.54 Å². The zero-order chi connectivity index (χ0) is 11.9. The van der Waals surface area contributed by atoms with Gasteiger partial charge >= 0.3 is 0 Å². The third kappa shape index (κ3) is 4.38. The van der Waals surface area contributed by atoms with Crippen molar-refractivity contribution in [2.45, 2.75) is 38.6 Å². The number of carbonyl (C=O) groups excluding carboxylic acids is 1. The molecule has 0 radical (unpaired) electrons. The van der Waals surface area contributed by atoms with E-state index in [0.29, 0.717) is 11.4 Å². The SMILES string of the molecule is CCC(CC)(NC(=O)CCSC)C(N)=S. The molecule has 0 aliphatic rings. The summed E-state index contributed by atoms with van der Waals surface area (Å²) in [6, 6.07) is 0. The Labute approximate surface area is 102 Å². The monoisotopic (exact) mass is 248 g/mol. The van der Waals surface area contributed by atoms with Crippen molar-refractivity contribution in [2.75, 3.05) is 12.0 Å². The van der Waals surface area contributed by atoms with E-state index in [1.54, 1.807) is 11.8 Å². The van der Waals surface area contributed by atoms with Crippen molar-refractivity contribution < 1.29 is 4.79 Å². The topological polar surface area (TPSA) is 55.1 Å². The Morgan fingerprint density at radius 1 is 1.47 bits per heavy atom. The number of thioether (sulfide) groups is 1. The number of nitrogens with one attached hydrogen (secondary N) is 1. The van der Waals surface area contributed by atoms with Crippen molar-refractivity contribution >= 4 is 34.9 Å². The maximum Gasteiger partial charge on any atom is 0.221 e. The quantitative estimate of drug-likeness (QED) is 0.673. The fourth-order valence-corrected chi connectivity index (χ4v) is 2.09. The molecule has 0 spiro atoms. The summed E-state index contributed by atoms with van der Waals surface area (Å²) in [6.45, 7) is 3.97. The van der Waals surface area contributed by atoms with Crippen LogP contribution in [0.15, 0.2) is 0 Å². The van der Waals surface area contributed by atoms with E-state index in [2.05, 4.69) is 5.32 Å². The van der Waals surface area contributed by atoms with Gasteiger partial charge in [-0.15, -0.1) is 0 Å². The molecule has 0 aliphatic heterocycles. The van der Waals surface area contributed by atoms with E-state index in [1.807, 2.05) is 20.1 Å². The number of amides is 1. The second kappa shape index (κ2) is 7.06. The molecule has 15 heavy (non-hydrogen) atoms. The summed E-state index contributed by atoms with van der Waals surface area (Å²) in [4.78, 5) is 12.0. The normalized spacial score (nSPS) is 11.1. The third-order valence-corrected chi connectivity index (χ3v) is 3.59. The Morgan fingerprint density at radius 2 is 2.00 bits per heavy atom. The standard InChI is InChI=1S/C10H20N2OS2/c1-4-10(5-2,9(11)14)12-8(13)6-7-15-3/h4-7H2,1-3H3,(H2,11,14)(H,12,13). The van der Waals surface area contributed by atoms with Crippen molar-refractivity contribution in [1.29, 1.82) is 0 Å². The van der Waals surface area contributed by atoms with Crippen LogP contribution in [-0.4, -0.2) is 28.4 Å². The molecule has 3 N–H and O–H groups in total. The number of hydrogen-bond donors (Lipinski definition) is 2. The van der Waals surface area contributed by atoms with Crippen molar-refractivity contribution in [3.63, 3.8) is 0 Å². The first-order valence-electron chi connectivity index (χ1n) is 5.12. The van der Waals surface area contributed by atoms with Gasteiger partial charge in [-0.1, -0.05) is 26.1 Å². The lowest BCUT2D eigenvalue weighted by Crippen LogP contribution is -2.56. The predicted octanol–water partition coefficient (Wildman–Crippen LogP) is 1.70. The average molecular weight is 248 g/mol. The summed E-state index contributed by atoms with van der Waals surface area (Å²) < 4.78 is 0. The van der Waals surface area contributed by atoms with Gasteiger partial charge in [-0.2, -0.15) is 11.8 Å². The van der Waals surface area contributed by atoms with Crippen LogP contribution in [0.2, 0.25) is 0 Å². The van der Waals surface area contributed by atoms with Crippen molar-refractivity contribution in [1.82, 2.24) is 5.32 Å². The van der Waals surface area contributed by atoms with Crippen LogP contribution in [0.3, 0.4) is 0 Å². The first-order chi connectivity index (χ1) is 7.02. The van der Waals surface area contributed by atoms with E-state index in [-0.39, 0.29) is 5.91 Å². The molecule has 0 atom stereocenters. The van der Waals surface area contributed by atoms with Gasteiger partial charge < -0.3 is 11.1 Å². The zero-order valence-corrected chi connectivity index (χ0v) is 11.3. The molecular weight excluding hydrogens is 228 g/mol. The lowest BCUT2D eigenvalue weighted by atomic mass is 9.92. The van der Waals surface area contributed by atoms with Crippen LogP contribution in [-0.2, 0) is 4.79 Å². The smallest absolute Gasteiger partial charge is 0.221 e. The van der Waals surface area contributed by atoms with Gasteiger partial charge in [0.05, 0.1) is 10.5 Å². The predicted molar refractivity (Wildman–Crippen MR) is 71.2 cm³/mol. The van der Waals surface area contributed by atoms with Gasteiger partial charge in [0.2, 0.25) is 5.91 Å². The summed E-state index contributed by atoms with van der Waals surface area (Å²) in [5, 5.41) is 2.95. The highest BCUT2D eigenvalue weighted by Gasteiger charge is 2.30. The van der Waals surface area contributed by atoms with Crippen LogP contribution in [0, 0.1) is 0 Å². The molecule has 0 aromatic heterocycles. The molecule has 0 saturated carbocycles. The van der Waals surface area contributed by atoms with E-state index >= 15 is 0 Å². The van der Waals surface area contributed by atoms with Gasteiger partial charge in [0.15, 0.2) is 0 Å². The van der Waals surface area contributed by atoms with Crippen molar-refractivity contribution in [3.8, 4) is 0 Å². The number of rotatable bonds is 7. The summed E-state index contributed by atoms with van der Waals surface area (Å²) in [7, 11) is 0. The second-order valence-electron chi connectivity index (χ2n) is 3.44. The summed E-state index contributed by atoms with van der Waals surface area (Å²) in [5.74, 6) is 0.855. The molecule has 0 heterocycles. The zero-order valence-electron chi connectivity index (χ0n) is 9.63. The molecular formula is C10H20N2OS2. The lowest BCUT2D eigenvalue weighted by Gasteiger charge is -2.31. The number of hydrogen-bond acceptors (Lipinski definition) is 3. The molecule has 0 aromatic rings. The van der Waals surface area contributed by atoms with E-state index in [9.17, 15) is 4.79 Å². The van der Waals surface area contributed by atoms with E-state index in [0.717, 1.165) is 18.6 Å². The Balaban J connectivity index is 4.40. The molecule has 0 saturated heterocycles. The first-order valence-corrected chi connectivity index (χ1v) is 6.92. The minimum Gasteiger partial charge on any atom is -0.391 e. The highest BCUT2D eigenvalue weighted by atomic mass is 32.2. The first kappa shape index (κ1) is 14.7. The minimum atomic E-state index is -0.495. The molecule has 0 aliphatic carbocycles. The van der Waals surface area contributed by atoms with Gasteiger partial charge in [-0.25, -0.2) is 0 Å². The lowest BCUT2D eigenvalue weighted by molar-refractivity contribution is -0.122. The van der Waals surface area contributed by atoms with Crippen LogP contribution in [0.25, 0.3) is 0 Å². The van der Waals surface area contributed by atoms with E-state index in [1.165, 1.54) is 0 Å². The number of nitrogens with two attached hydrogens (primary N) is 1. The Bertz CT molecular complexity index is 227. The van der Waals surface area contributed by atoms with Crippen LogP contribution < -0.4 is 11.1 Å². The third-order valence-electron chi connectivity index (χ3n) is 2.59.